The molecule has 0 aliphatic carbocycles. The Kier molecular flexibility index (Phi) is 1.88. The number of carbonyl (C=O) groups is 2. The molecule has 0 spiro atoms. The average Bonchev–Trinajstić information content (AvgIpc) is 2.48. The highest BCUT2D eigenvalue weighted by Gasteiger charge is 2.17. The lowest BCUT2D eigenvalue weighted by molar-refractivity contribution is 0.0956. The first-order chi connectivity index (χ1) is 6.31. The maximum absolute atomic E-state index is 11.4. The zero-order valence-corrected chi connectivity index (χ0v) is 7.09. The third-order valence-electron chi connectivity index (χ3n) is 2.18. The average molecular weight is 178 g/mol. The van der Waals surface area contributed by atoms with Crippen LogP contribution in [0.1, 0.15) is 33.0 Å². The summed E-state index contributed by atoms with van der Waals surface area (Å²) in [5.74, 6) is -0.0862. The molecule has 1 aliphatic rings. The SMILES string of the molecule is O=Cc1cc2c([nH]1)CCCNC2=O. The second-order valence-electron chi connectivity index (χ2n) is 3.09. The first kappa shape index (κ1) is 8.04. The van der Waals surface area contributed by atoms with E-state index in [1.807, 2.05) is 0 Å². The molecule has 0 atom stereocenters. The summed E-state index contributed by atoms with van der Waals surface area (Å²) in [6.45, 7) is 0.706. The fourth-order valence-electron chi connectivity index (χ4n) is 1.55. The molecule has 2 N–H and O–H groups in total. The Morgan fingerprint density at radius 3 is 3.08 bits per heavy atom. The molecule has 0 bridgehead atoms. The number of H-pyrrole nitrogens is 1. The molecule has 0 unspecified atom stereocenters. The second kappa shape index (κ2) is 3.05. The Balaban J connectivity index is 2.44. The zero-order valence-electron chi connectivity index (χ0n) is 7.09. The number of aromatic amines is 1. The highest BCUT2D eigenvalue weighted by Crippen LogP contribution is 2.14. The van der Waals surface area contributed by atoms with Crippen molar-refractivity contribution >= 4 is 12.2 Å². The van der Waals surface area contributed by atoms with Crippen molar-refractivity contribution in [3.63, 3.8) is 0 Å². The van der Waals surface area contributed by atoms with Gasteiger partial charge in [0, 0.05) is 12.2 Å². The number of amides is 1. The van der Waals surface area contributed by atoms with E-state index in [-0.39, 0.29) is 5.91 Å². The summed E-state index contributed by atoms with van der Waals surface area (Å²) in [6.07, 6.45) is 2.46. The van der Waals surface area contributed by atoms with E-state index in [1.54, 1.807) is 6.07 Å². The van der Waals surface area contributed by atoms with Crippen molar-refractivity contribution in [3.05, 3.63) is 23.0 Å². The van der Waals surface area contributed by atoms with Gasteiger partial charge in [-0.05, 0) is 18.9 Å². The van der Waals surface area contributed by atoms with E-state index >= 15 is 0 Å². The van der Waals surface area contributed by atoms with Gasteiger partial charge in [-0.25, -0.2) is 0 Å². The van der Waals surface area contributed by atoms with Crippen LogP contribution >= 0.6 is 0 Å². The minimum Gasteiger partial charge on any atom is -0.356 e. The molecule has 2 heterocycles. The first-order valence-electron chi connectivity index (χ1n) is 4.26. The smallest absolute Gasteiger partial charge is 0.253 e. The van der Waals surface area contributed by atoms with Crippen LogP contribution in [0.3, 0.4) is 0 Å². The van der Waals surface area contributed by atoms with Gasteiger partial charge >= 0.3 is 0 Å². The highest BCUT2D eigenvalue weighted by molar-refractivity contribution is 5.97. The van der Waals surface area contributed by atoms with Gasteiger partial charge in [0.15, 0.2) is 6.29 Å². The van der Waals surface area contributed by atoms with E-state index in [2.05, 4.69) is 10.3 Å². The van der Waals surface area contributed by atoms with E-state index in [4.69, 9.17) is 0 Å². The normalized spacial score (nSPS) is 15.8. The van der Waals surface area contributed by atoms with Gasteiger partial charge in [-0.3, -0.25) is 9.59 Å². The summed E-state index contributed by atoms with van der Waals surface area (Å²) in [4.78, 5) is 24.8. The summed E-state index contributed by atoms with van der Waals surface area (Å²) >= 11 is 0. The molecule has 4 heteroatoms. The van der Waals surface area contributed by atoms with Crippen LogP contribution in [0, 0.1) is 0 Å². The number of hydrogen-bond acceptors (Lipinski definition) is 2. The van der Waals surface area contributed by atoms with E-state index < -0.39 is 0 Å². The molecule has 0 radical (unpaired) electrons. The topological polar surface area (TPSA) is 62.0 Å². The molecule has 0 fully saturated rings. The number of carbonyl (C=O) groups excluding carboxylic acids is 2. The summed E-state index contributed by atoms with van der Waals surface area (Å²) < 4.78 is 0. The predicted molar refractivity (Wildman–Crippen MR) is 46.8 cm³/mol. The van der Waals surface area contributed by atoms with Crippen LogP contribution in [0.15, 0.2) is 6.07 Å². The van der Waals surface area contributed by atoms with Crippen molar-refractivity contribution in [2.45, 2.75) is 12.8 Å². The van der Waals surface area contributed by atoms with Crippen molar-refractivity contribution in [2.24, 2.45) is 0 Å². The molecule has 13 heavy (non-hydrogen) atoms. The Morgan fingerprint density at radius 2 is 2.31 bits per heavy atom. The van der Waals surface area contributed by atoms with E-state index in [0.717, 1.165) is 24.8 Å². The lowest BCUT2D eigenvalue weighted by Gasteiger charge is -1.95. The van der Waals surface area contributed by atoms with Gasteiger partial charge in [0.05, 0.1) is 11.3 Å². The summed E-state index contributed by atoms with van der Waals surface area (Å²) in [6, 6.07) is 1.60. The standard InChI is InChI=1S/C9H10N2O2/c12-5-6-4-7-8(11-6)2-1-3-10-9(7)13/h4-5,11H,1-3H2,(H,10,13). The van der Waals surface area contributed by atoms with Crippen LogP contribution in [0.2, 0.25) is 0 Å². The van der Waals surface area contributed by atoms with Crippen molar-refractivity contribution in [1.82, 2.24) is 10.3 Å². The van der Waals surface area contributed by atoms with Gasteiger partial charge in [0.2, 0.25) is 0 Å². The Bertz CT molecular complexity index is 354. The molecule has 68 valence electrons. The molecule has 2 rings (SSSR count). The summed E-state index contributed by atoms with van der Waals surface area (Å²) in [7, 11) is 0. The number of aldehydes is 1. The Morgan fingerprint density at radius 1 is 1.46 bits per heavy atom. The Hall–Kier alpha value is -1.58. The molecule has 1 aromatic heterocycles. The van der Waals surface area contributed by atoms with Crippen LogP contribution in [0.4, 0.5) is 0 Å². The molecule has 4 nitrogen and oxygen atoms in total. The van der Waals surface area contributed by atoms with Crippen LogP contribution in [-0.4, -0.2) is 23.7 Å². The van der Waals surface area contributed by atoms with Crippen LogP contribution < -0.4 is 5.32 Å². The number of aryl methyl sites for hydroxylation is 1. The minimum absolute atomic E-state index is 0.0862. The van der Waals surface area contributed by atoms with Crippen molar-refractivity contribution in [2.75, 3.05) is 6.54 Å². The molecule has 1 aliphatic heterocycles. The van der Waals surface area contributed by atoms with Crippen LogP contribution in [0.25, 0.3) is 0 Å². The largest absolute Gasteiger partial charge is 0.356 e. The maximum Gasteiger partial charge on any atom is 0.253 e. The van der Waals surface area contributed by atoms with Gasteiger partial charge in [0.1, 0.15) is 0 Å². The van der Waals surface area contributed by atoms with E-state index in [1.165, 1.54) is 0 Å². The van der Waals surface area contributed by atoms with Crippen LogP contribution in [-0.2, 0) is 6.42 Å². The van der Waals surface area contributed by atoms with Gasteiger partial charge in [-0.15, -0.1) is 0 Å². The van der Waals surface area contributed by atoms with Crippen molar-refractivity contribution in [1.29, 1.82) is 0 Å². The molecule has 0 saturated heterocycles. The predicted octanol–water partition coefficient (Wildman–Crippen LogP) is 0.503. The van der Waals surface area contributed by atoms with Gasteiger partial charge in [0.25, 0.3) is 5.91 Å². The highest BCUT2D eigenvalue weighted by atomic mass is 16.1. The maximum atomic E-state index is 11.4. The van der Waals surface area contributed by atoms with Gasteiger partial charge in [-0.1, -0.05) is 0 Å². The Labute approximate surface area is 75.3 Å². The lowest BCUT2D eigenvalue weighted by Crippen LogP contribution is -2.22. The van der Waals surface area contributed by atoms with E-state index in [9.17, 15) is 9.59 Å². The van der Waals surface area contributed by atoms with E-state index in [0.29, 0.717) is 17.8 Å². The van der Waals surface area contributed by atoms with Crippen LogP contribution in [0.5, 0.6) is 0 Å². The number of fused-ring (bicyclic) bond motifs is 1. The lowest BCUT2D eigenvalue weighted by atomic mass is 10.2. The quantitative estimate of drug-likeness (QED) is 0.615. The zero-order chi connectivity index (χ0) is 9.26. The summed E-state index contributed by atoms with van der Waals surface area (Å²) in [5.41, 5.74) is 1.96. The first-order valence-corrected chi connectivity index (χ1v) is 4.26. The molecule has 1 amide bonds. The number of rotatable bonds is 1. The number of hydrogen-bond donors (Lipinski definition) is 2. The number of aromatic nitrogens is 1. The molecule has 1 aromatic rings. The molecule has 0 aromatic carbocycles. The molecular formula is C9H10N2O2. The molecule has 0 saturated carbocycles. The van der Waals surface area contributed by atoms with Gasteiger partial charge < -0.3 is 10.3 Å². The third-order valence-corrected chi connectivity index (χ3v) is 2.18. The van der Waals surface area contributed by atoms with Gasteiger partial charge in [-0.2, -0.15) is 0 Å². The fraction of sp³-hybridized carbons (Fsp3) is 0.333. The number of nitrogens with one attached hydrogen (secondary N) is 2. The second-order valence-corrected chi connectivity index (χ2v) is 3.09. The molecular weight excluding hydrogens is 168 g/mol. The van der Waals surface area contributed by atoms with Crippen molar-refractivity contribution in [3.8, 4) is 0 Å². The van der Waals surface area contributed by atoms with Crippen molar-refractivity contribution < 1.29 is 9.59 Å². The third kappa shape index (κ3) is 1.35. The summed E-state index contributed by atoms with van der Waals surface area (Å²) in [5, 5.41) is 2.76. The fourth-order valence-corrected chi connectivity index (χ4v) is 1.55. The minimum atomic E-state index is -0.0862. The monoisotopic (exact) mass is 178 g/mol.